The predicted octanol–water partition coefficient (Wildman–Crippen LogP) is 3.76. The van der Waals surface area contributed by atoms with Crippen LogP contribution in [0.3, 0.4) is 0 Å². The third-order valence-electron chi connectivity index (χ3n) is 2.48. The van der Waals surface area contributed by atoms with Crippen LogP contribution in [0.15, 0.2) is 0 Å². The smallest absolute Gasteiger partial charge is 0.431 e. The zero-order chi connectivity index (χ0) is 11.8. The molecule has 0 aromatic carbocycles. The van der Waals surface area contributed by atoms with Crippen molar-refractivity contribution in [3.8, 4) is 0 Å². The molecule has 0 aliphatic heterocycles. The van der Waals surface area contributed by atoms with Crippen LogP contribution in [0.2, 0.25) is 0 Å². The van der Waals surface area contributed by atoms with Crippen molar-refractivity contribution >= 4 is 6.16 Å². The molecule has 0 saturated heterocycles. The van der Waals surface area contributed by atoms with Crippen LogP contribution in [0.1, 0.15) is 53.9 Å². The third-order valence-corrected chi connectivity index (χ3v) is 2.48. The topological polar surface area (TPSA) is 35.5 Å². The van der Waals surface area contributed by atoms with Gasteiger partial charge < -0.3 is 9.47 Å². The molecule has 2 atom stereocenters. The molecule has 0 saturated carbocycles. The van der Waals surface area contributed by atoms with E-state index in [9.17, 15) is 4.79 Å². The monoisotopic (exact) mass is 216 g/mol. The first kappa shape index (κ1) is 14.3. The van der Waals surface area contributed by atoms with E-state index in [0.29, 0.717) is 5.92 Å². The minimum atomic E-state index is -0.542. The van der Waals surface area contributed by atoms with Crippen LogP contribution in [0.5, 0.6) is 0 Å². The summed E-state index contributed by atoms with van der Waals surface area (Å²) in [6.45, 7) is 9.92. The number of ether oxygens (including phenoxy) is 2. The van der Waals surface area contributed by atoms with Gasteiger partial charge in [0.25, 0.3) is 0 Å². The summed E-state index contributed by atoms with van der Waals surface area (Å²) in [6, 6.07) is 0. The van der Waals surface area contributed by atoms with Crippen LogP contribution >= 0.6 is 0 Å². The summed E-state index contributed by atoms with van der Waals surface area (Å²) in [5.41, 5.74) is 0. The van der Waals surface area contributed by atoms with Gasteiger partial charge >= 0.3 is 6.16 Å². The summed E-state index contributed by atoms with van der Waals surface area (Å²) >= 11 is 0. The highest BCUT2D eigenvalue weighted by atomic mass is 16.7. The molecule has 0 aromatic rings. The Morgan fingerprint density at radius 2 is 1.73 bits per heavy atom. The van der Waals surface area contributed by atoms with Crippen LogP contribution < -0.4 is 0 Å². The first-order valence-electron chi connectivity index (χ1n) is 5.84. The molecule has 3 heteroatoms. The van der Waals surface area contributed by atoms with E-state index in [1.807, 2.05) is 27.7 Å². The Hall–Kier alpha value is -0.730. The molecule has 15 heavy (non-hydrogen) atoms. The van der Waals surface area contributed by atoms with E-state index in [-0.39, 0.29) is 12.2 Å². The molecule has 0 aromatic heterocycles. The number of hydrogen-bond donors (Lipinski definition) is 0. The van der Waals surface area contributed by atoms with Crippen molar-refractivity contribution in [2.75, 3.05) is 0 Å². The molecule has 0 heterocycles. The molecule has 0 fully saturated rings. The average Bonchev–Trinajstić information content (AvgIpc) is 2.14. The fourth-order valence-corrected chi connectivity index (χ4v) is 1.03. The lowest BCUT2D eigenvalue weighted by Gasteiger charge is -2.18. The van der Waals surface area contributed by atoms with E-state index in [0.717, 1.165) is 19.3 Å². The molecule has 3 nitrogen and oxygen atoms in total. The molecule has 0 aliphatic rings. The number of carbonyl (C=O) groups excluding carboxylic acids is 1. The Bertz CT molecular complexity index is 178. The van der Waals surface area contributed by atoms with Crippen LogP contribution in [-0.4, -0.2) is 18.4 Å². The fraction of sp³-hybridized carbons (Fsp3) is 0.917. The van der Waals surface area contributed by atoms with Gasteiger partial charge in [-0.1, -0.05) is 33.6 Å². The average molecular weight is 216 g/mol. The summed E-state index contributed by atoms with van der Waals surface area (Å²) in [6.07, 6.45) is 2.42. The van der Waals surface area contributed by atoms with Gasteiger partial charge in [0.15, 0.2) is 0 Å². The quantitative estimate of drug-likeness (QED) is 0.634. The molecule has 0 N–H and O–H groups in total. The SMILES string of the molecule is CCCCC(C)OC(=O)OC(C)C(C)C. The molecule has 0 amide bonds. The number of hydrogen-bond acceptors (Lipinski definition) is 3. The van der Waals surface area contributed by atoms with Crippen LogP contribution in [0, 0.1) is 5.92 Å². The van der Waals surface area contributed by atoms with E-state index < -0.39 is 6.16 Å². The van der Waals surface area contributed by atoms with Gasteiger partial charge in [0, 0.05) is 0 Å². The van der Waals surface area contributed by atoms with Gasteiger partial charge in [-0.05, 0) is 26.2 Å². The minimum Gasteiger partial charge on any atom is -0.431 e. The highest BCUT2D eigenvalue weighted by Gasteiger charge is 2.16. The van der Waals surface area contributed by atoms with Crippen molar-refractivity contribution in [2.24, 2.45) is 5.92 Å². The van der Waals surface area contributed by atoms with Gasteiger partial charge in [-0.3, -0.25) is 0 Å². The molecule has 0 aliphatic carbocycles. The maximum atomic E-state index is 11.3. The minimum absolute atomic E-state index is 0.0446. The third kappa shape index (κ3) is 7.23. The Morgan fingerprint density at radius 3 is 2.20 bits per heavy atom. The van der Waals surface area contributed by atoms with Crippen molar-refractivity contribution in [3.63, 3.8) is 0 Å². The molecule has 90 valence electrons. The zero-order valence-corrected chi connectivity index (χ0v) is 10.6. The van der Waals surface area contributed by atoms with Gasteiger partial charge in [0.2, 0.25) is 0 Å². The second-order valence-electron chi connectivity index (χ2n) is 4.39. The molecule has 0 spiro atoms. The summed E-state index contributed by atoms with van der Waals surface area (Å²) in [5, 5.41) is 0. The zero-order valence-electron chi connectivity index (χ0n) is 10.6. The van der Waals surface area contributed by atoms with Gasteiger partial charge in [-0.2, -0.15) is 0 Å². The predicted molar refractivity (Wildman–Crippen MR) is 60.9 cm³/mol. The maximum absolute atomic E-state index is 11.3. The van der Waals surface area contributed by atoms with Crippen LogP contribution in [-0.2, 0) is 9.47 Å². The van der Waals surface area contributed by atoms with E-state index in [2.05, 4.69) is 6.92 Å². The first-order chi connectivity index (χ1) is 6.97. The Morgan fingerprint density at radius 1 is 1.13 bits per heavy atom. The number of rotatable bonds is 6. The highest BCUT2D eigenvalue weighted by molar-refractivity contribution is 5.60. The molecule has 0 bridgehead atoms. The molecular weight excluding hydrogens is 192 g/mol. The second kappa shape index (κ2) is 7.55. The van der Waals surface area contributed by atoms with E-state index in [1.165, 1.54) is 0 Å². The largest absolute Gasteiger partial charge is 0.508 e. The Labute approximate surface area is 93.1 Å². The summed E-state index contributed by atoms with van der Waals surface area (Å²) < 4.78 is 10.2. The Balaban J connectivity index is 3.73. The van der Waals surface area contributed by atoms with E-state index in [1.54, 1.807) is 0 Å². The normalized spacial score (nSPS) is 14.8. The summed E-state index contributed by atoms with van der Waals surface area (Å²) in [4.78, 5) is 11.3. The van der Waals surface area contributed by atoms with E-state index in [4.69, 9.17) is 9.47 Å². The molecular formula is C12H24O3. The molecule has 0 rings (SSSR count). The van der Waals surface area contributed by atoms with Crippen molar-refractivity contribution in [1.82, 2.24) is 0 Å². The van der Waals surface area contributed by atoms with Gasteiger partial charge in [-0.25, -0.2) is 4.79 Å². The first-order valence-corrected chi connectivity index (χ1v) is 5.84. The van der Waals surface area contributed by atoms with Crippen molar-refractivity contribution in [1.29, 1.82) is 0 Å². The lowest BCUT2D eigenvalue weighted by Crippen LogP contribution is -2.23. The standard InChI is InChI=1S/C12H24O3/c1-6-7-8-10(4)14-12(13)15-11(5)9(2)3/h9-11H,6-8H2,1-5H3. The Kier molecular flexibility index (Phi) is 7.18. The highest BCUT2D eigenvalue weighted by Crippen LogP contribution is 2.09. The molecule has 2 unspecified atom stereocenters. The van der Waals surface area contributed by atoms with Crippen molar-refractivity contribution in [3.05, 3.63) is 0 Å². The summed E-state index contributed by atoms with van der Waals surface area (Å²) in [5.74, 6) is 0.323. The maximum Gasteiger partial charge on any atom is 0.508 e. The summed E-state index contributed by atoms with van der Waals surface area (Å²) in [7, 11) is 0. The molecule has 0 radical (unpaired) electrons. The second-order valence-corrected chi connectivity index (χ2v) is 4.39. The van der Waals surface area contributed by atoms with E-state index >= 15 is 0 Å². The fourth-order valence-electron chi connectivity index (χ4n) is 1.03. The van der Waals surface area contributed by atoms with Gasteiger partial charge in [0.05, 0.1) is 0 Å². The lowest BCUT2D eigenvalue weighted by molar-refractivity contribution is -0.00622. The van der Waals surface area contributed by atoms with Crippen LogP contribution in [0.4, 0.5) is 4.79 Å². The van der Waals surface area contributed by atoms with Crippen LogP contribution in [0.25, 0.3) is 0 Å². The van der Waals surface area contributed by atoms with Gasteiger partial charge in [-0.15, -0.1) is 0 Å². The number of unbranched alkanes of at least 4 members (excludes halogenated alkanes) is 1. The van der Waals surface area contributed by atoms with Gasteiger partial charge in [0.1, 0.15) is 12.2 Å². The van der Waals surface area contributed by atoms with Crippen molar-refractivity contribution in [2.45, 2.75) is 66.1 Å². The van der Waals surface area contributed by atoms with Crippen molar-refractivity contribution < 1.29 is 14.3 Å². The number of carbonyl (C=O) groups is 1. The lowest BCUT2D eigenvalue weighted by atomic mass is 10.1.